The SMILES string of the molecule is Cl.O=C(NC1CC(=O)N(CCOc2ccccc2)C1)C1CC(F)(F)CN1. The number of benzene rings is 1. The van der Waals surface area contributed by atoms with E-state index in [1.54, 1.807) is 4.90 Å². The Bertz CT molecular complexity index is 633. The molecule has 26 heavy (non-hydrogen) atoms. The van der Waals surface area contributed by atoms with Gasteiger partial charge in [0.2, 0.25) is 11.8 Å². The van der Waals surface area contributed by atoms with E-state index in [0.717, 1.165) is 5.75 Å². The molecule has 0 bridgehead atoms. The molecule has 2 unspecified atom stereocenters. The zero-order valence-corrected chi connectivity index (χ0v) is 14.9. The molecule has 2 saturated heterocycles. The molecule has 6 nitrogen and oxygen atoms in total. The van der Waals surface area contributed by atoms with Gasteiger partial charge in [0.15, 0.2) is 0 Å². The van der Waals surface area contributed by atoms with Gasteiger partial charge < -0.3 is 15.0 Å². The number of likely N-dealkylation sites (tertiary alicyclic amines) is 1. The maximum Gasteiger partial charge on any atom is 0.262 e. The molecule has 0 aliphatic carbocycles. The van der Waals surface area contributed by atoms with Gasteiger partial charge in [0, 0.05) is 19.4 Å². The monoisotopic (exact) mass is 389 g/mol. The minimum atomic E-state index is -2.85. The van der Waals surface area contributed by atoms with Crippen LogP contribution in [0, 0.1) is 0 Å². The van der Waals surface area contributed by atoms with Crippen molar-refractivity contribution in [3.8, 4) is 5.75 Å². The Balaban J connectivity index is 0.00000243. The molecule has 0 spiro atoms. The standard InChI is InChI=1S/C17H21F2N3O3.ClH/c18-17(19)9-14(20-11-17)16(24)21-12-8-15(23)22(10-12)6-7-25-13-4-2-1-3-5-13;/h1-5,12,14,20H,6-11H2,(H,21,24);1H. The van der Waals surface area contributed by atoms with Crippen LogP contribution in [0.1, 0.15) is 12.8 Å². The minimum Gasteiger partial charge on any atom is -0.492 e. The normalized spacial score (nSPS) is 24.2. The molecule has 2 N–H and O–H groups in total. The molecule has 144 valence electrons. The molecule has 1 aromatic carbocycles. The van der Waals surface area contributed by atoms with Gasteiger partial charge >= 0.3 is 0 Å². The van der Waals surface area contributed by atoms with Crippen molar-refractivity contribution in [2.24, 2.45) is 0 Å². The third-order valence-electron chi connectivity index (χ3n) is 4.36. The first-order chi connectivity index (χ1) is 11.9. The molecule has 9 heteroatoms. The number of hydrogen-bond donors (Lipinski definition) is 2. The second-order valence-electron chi connectivity index (χ2n) is 6.40. The lowest BCUT2D eigenvalue weighted by Gasteiger charge is -2.18. The maximum atomic E-state index is 13.2. The molecule has 0 radical (unpaired) electrons. The van der Waals surface area contributed by atoms with Gasteiger partial charge in [-0.3, -0.25) is 14.9 Å². The summed E-state index contributed by atoms with van der Waals surface area (Å²) >= 11 is 0. The molecule has 2 amide bonds. The van der Waals surface area contributed by atoms with Crippen molar-refractivity contribution in [3.63, 3.8) is 0 Å². The van der Waals surface area contributed by atoms with E-state index in [1.807, 2.05) is 30.3 Å². The van der Waals surface area contributed by atoms with E-state index in [-0.39, 0.29) is 30.8 Å². The molecule has 2 fully saturated rings. The molecule has 3 rings (SSSR count). The van der Waals surface area contributed by atoms with Crippen molar-refractivity contribution >= 4 is 24.2 Å². The predicted octanol–water partition coefficient (Wildman–Crippen LogP) is 1.20. The smallest absolute Gasteiger partial charge is 0.262 e. The average molecular weight is 390 g/mol. The lowest BCUT2D eigenvalue weighted by atomic mass is 10.1. The third kappa shape index (κ3) is 5.28. The Kier molecular flexibility index (Phi) is 6.77. The van der Waals surface area contributed by atoms with E-state index < -0.39 is 30.8 Å². The first-order valence-corrected chi connectivity index (χ1v) is 8.30. The number of ether oxygens (including phenoxy) is 1. The van der Waals surface area contributed by atoms with E-state index in [1.165, 1.54) is 0 Å². The summed E-state index contributed by atoms with van der Waals surface area (Å²) in [6.07, 6.45) is -0.325. The molecule has 2 aliphatic heterocycles. The second kappa shape index (κ2) is 8.64. The van der Waals surface area contributed by atoms with E-state index in [9.17, 15) is 18.4 Å². The zero-order valence-electron chi connectivity index (χ0n) is 14.1. The van der Waals surface area contributed by atoms with Crippen molar-refractivity contribution in [2.45, 2.75) is 30.8 Å². The van der Waals surface area contributed by atoms with E-state index >= 15 is 0 Å². The summed E-state index contributed by atoms with van der Waals surface area (Å²) in [5.41, 5.74) is 0. The van der Waals surface area contributed by atoms with Crippen molar-refractivity contribution in [1.82, 2.24) is 15.5 Å². The van der Waals surface area contributed by atoms with Gasteiger partial charge in [0.1, 0.15) is 12.4 Å². The highest BCUT2D eigenvalue weighted by Crippen LogP contribution is 2.25. The zero-order chi connectivity index (χ0) is 17.9. The fourth-order valence-corrected chi connectivity index (χ4v) is 3.08. The molecule has 2 heterocycles. The summed E-state index contributed by atoms with van der Waals surface area (Å²) in [5, 5.41) is 5.20. The lowest BCUT2D eigenvalue weighted by molar-refractivity contribution is -0.128. The van der Waals surface area contributed by atoms with Gasteiger partial charge in [0.05, 0.1) is 25.2 Å². The molecule has 2 aliphatic rings. The van der Waals surface area contributed by atoms with Gasteiger partial charge in [-0.1, -0.05) is 18.2 Å². The van der Waals surface area contributed by atoms with Crippen LogP contribution in [0.5, 0.6) is 5.75 Å². The number of nitrogens with one attached hydrogen (secondary N) is 2. The lowest BCUT2D eigenvalue weighted by Crippen LogP contribution is -2.46. The van der Waals surface area contributed by atoms with Crippen LogP contribution < -0.4 is 15.4 Å². The molecule has 0 saturated carbocycles. The summed E-state index contributed by atoms with van der Waals surface area (Å²) in [5.74, 6) is -2.68. The Labute approximate surface area is 156 Å². The van der Waals surface area contributed by atoms with Gasteiger partial charge in [-0.15, -0.1) is 12.4 Å². The van der Waals surface area contributed by atoms with Crippen molar-refractivity contribution in [3.05, 3.63) is 30.3 Å². The average Bonchev–Trinajstić information content (AvgIpc) is 3.11. The van der Waals surface area contributed by atoms with E-state index in [2.05, 4.69) is 10.6 Å². The fraction of sp³-hybridized carbons (Fsp3) is 0.529. The van der Waals surface area contributed by atoms with Crippen LogP contribution >= 0.6 is 12.4 Å². The number of amides is 2. The number of rotatable bonds is 6. The number of carbonyl (C=O) groups is 2. The summed E-state index contributed by atoms with van der Waals surface area (Å²) in [7, 11) is 0. The Morgan fingerprint density at radius 1 is 1.35 bits per heavy atom. The van der Waals surface area contributed by atoms with Crippen LogP contribution in [0.3, 0.4) is 0 Å². The van der Waals surface area contributed by atoms with Crippen LogP contribution in [0.15, 0.2) is 30.3 Å². The number of para-hydroxylation sites is 1. The molecular weight excluding hydrogens is 368 g/mol. The van der Waals surface area contributed by atoms with Crippen LogP contribution in [0.4, 0.5) is 8.78 Å². The molecular formula is C17H22ClF2N3O3. The first kappa shape index (κ1) is 20.4. The molecule has 0 aromatic heterocycles. The molecule has 2 atom stereocenters. The minimum absolute atomic E-state index is 0. The summed E-state index contributed by atoms with van der Waals surface area (Å²) in [4.78, 5) is 25.7. The third-order valence-corrected chi connectivity index (χ3v) is 4.36. The predicted molar refractivity (Wildman–Crippen MR) is 93.7 cm³/mol. The van der Waals surface area contributed by atoms with Crippen molar-refractivity contribution < 1.29 is 23.1 Å². The molecule has 1 aromatic rings. The highest BCUT2D eigenvalue weighted by Gasteiger charge is 2.43. The van der Waals surface area contributed by atoms with Gasteiger partial charge in [-0.25, -0.2) is 8.78 Å². The first-order valence-electron chi connectivity index (χ1n) is 8.30. The Hall–Kier alpha value is -1.93. The summed E-state index contributed by atoms with van der Waals surface area (Å²) in [6.45, 7) is 0.649. The quantitative estimate of drug-likeness (QED) is 0.767. The number of nitrogens with zero attached hydrogens (tertiary/aromatic N) is 1. The van der Waals surface area contributed by atoms with Gasteiger partial charge in [-0.05, 0) is 12.1 Å². The number of halogens is 3. The van der Waals surface area contributed by atoms with E-state index in [0.29, 0.717) is 19.7 Å². The maximum absolute atomic E-state index is 13.2. The fourth-order valence-electron chi connectivity index (χ4n) is 3.08. The van der Waals surface area contributed by atoms with Crippen molar-refractivity contribution in [2.75, 3.05) is 26.2 Å². The van der Waals surface area contributed by atoms with Crippen molar-refractivity contribution in [1.29, 1.82) is 0 Å². The number of carbonyl (C=O) groups excluding carboxylic acids is 2. The highest BCUT2D eigenvalue weighted by molar-refractivity contribution is 5.85. The van der Waals surface area contributed by atoms with Crippen LogP contribution in [0.25, 0.3) is 0 Å². The van der Waals surface area contributed by atoms with Gasteiger partial charge in [0.25, 0.3) is 5.92 Å². The second-order valence-corrected chi connectivity index (χ2v) is 6.40. The summed E-state index contributed by atoms with van der Waals surface area (Å²) in [6, 6.07) is 8.02. The topological polar surface area (TPSA) is 70.7 Å². The van der Waals surface area contributed by atoms with Gasteiger partial charge in [-0.2, -0.15) is 0 Å². The van der Waals surface area contributed by atoms with E-state index in [4.69, 9.17) is 4.74 Å². The Morgan fingerprint density at radius 2 is 2.08 bits per heavy atom. The van der Waals surface area contributed by atoms with Crippen LogP contribution in [0.2, 0.25) is 0 Å². The summed E-state index contributed by atoms with van der Waals surface area (Å²) < 4.78 is 31.9. The number of alkyl halides is 2. The van der Waals surface area contributed by atoms with Crippen LogP contribution in [-0.2, 0) is 9.59 Å². The highest BCUT2D eigenvalue weighted by atomic mass is 35.5. The van der Waals surface area contributed by atoms with Crippen LogP contribution in [-0.4, -0.2) is 61.0 Å². The Morgan fingerprint density at radius 3 is 2.73 bits per heavy atom. The number of hydrogen-bond acceptors (Lipinski definition) is 4. The largest absolute Gasteiger partial charge is 0.492 e.